The molecule has 2 N–H and O–H groups in total. The van der Waals surface area contributed by atoms with Crippen LogP contribution < -0.4 is 20.1 Å². The highest BCUT2D eigenvalue weighted by Crippen LogP contribution is 2.35. The summed E-state index contributed by atoms with van der Waals surface area (Å²) in [7, 11) is 1.50. The average Bonchev–Trinajstić information content (AvgIpc) is 2.81. The smallest absolute Gasteiger partial charge is 0.338 e. The molecule has 3 amide bonds. The fourth-order valence-corrected chi connectivity index (χ4v) is 3.95. The van der Waals surface area contributed by atoms with Gasteiger partial charge in [0.05, 0.1) is 24.8 Å². The van der Waals surface area contributed by atoms with E-state index in [0.717, 1.165) is 19.3 Å². The number of amides is 3. The van der Waals surface area contributed by atoms with Gasteiger partial charge in [0, 0.05) is 18.8 Å². The van der Waals surface area contributed by atoms with Gasteiger partial charge in [-0.05, 0) is 50.8 Å². The van der Waals surface area contributed by atoms with Crippen molar-refractivity contribution in [1.82, 2.24) is 15.5 Å². The van der Waals surface area contributed by atoms with Crippen molar-refractivity contribution < 1.29 is 28.6 Å². The Morgan fingerprint density at radius 2 is 1.74 bits per heavy atom. The third kappa shape index (κ3) is 7.63. The molecule has 1 aliphatic rings. The van der Waals surface area contributed by atoms with Crippen molar-refractivity contribution in [3.8, 4) is 11.5 Å². The predicted molar refractivity (Wildman–Crippen MR) is 133 cm³/mol. The van der Waals surface area contributed by atoms with Gasteiger partial charge in [-0.25, -0.2) is 9.59 Å². The number of nitrogens with one attached hydrogen (secondary N) is 2. The molecule has 1 unspecified atom stereocenters. The van der Waals surface area contributed by atoms with Crippen molar-refractivity contribution in [1.29, 1.82) is 0 Å². The van der Waals surface area contributed by atoms with Crippen LogP contribution in [0, 0.1) is 0 Å². The van der Waals surface area contributed by atoms with E-state index in [1.54, 1.807) is 36.9 Å². The lowest BCUT2D eigenvalue weighted by atomic mass is 9.93. The van der Waals surface area contributed by atoms with Gasteiger partial charge < -0.3 is 29.7 Å². The molecule has 9 nitrogen and oxygen atoms in total. The number of rotatable bonds is 13. The number of carbonyl (C=O) groups is 3. The van der Waals surface area contributed by atoms with Crippen LogP contribution in [0.4, 0.5) is 4.79 Å². The Balaban J connectivity index is 2.33. The van der Waals surface area contributed by atoms with E-state index in [-0.39, 0.29) is 18.6 Å². The summed E-state index contributed by atoms with van der Waals surface area (Å²) in [6, 6.07) is 4.03. The molecule has 0 saturated carbocycles. The van der Waals surface area contributed by atoms with Crippen LogP contribution in [0.5, 0.6) is 11.5 Å². The van der Waals surface area contributed by atoms with E-state index in [2.05, 4.69) is 10.6 Å². The molecule has 0 aliphatic carbocycles. The Morgan fingerprint density at radius 3 is 2.31 bits per heavy atom. The maximum absolute atomic E-state index is 13.0. The lowest BCUT2D eigenvalue weighted by Crippen LogP contribution is -2.46. The zero-order valence-corrected chi connectivity index (χ0v) is 21.7. The van der Waals surface area contributed by atoms with E-state index in [1.165, 1.54) is 7.11 Å². The summed E-state index contributed by atoms with van der Waals surface area (Å²) < 4.78 is 16.8. The lowest BCUT2D eigenvalue weighted by Gasteiger charge is -2.30. The highest BCUT2D eigenvalue weighted by molar-refractivity contribution is 5.95. The van der Waals surface area contributed by atoms with Gasteiger partial charge in [0.15, 0.2) is 18.1 Å². The SMILES string of the molecule is CCCC1=C(C(=O)OC(C)C)C(c2ccc(OCC(=O)N(CCC)CCC)c(OC)c2)NC(=O)N1. The second-order valence-corrected chi connectivity index (χ2v) is 8.71. The highest BCUT2D eigenvalue weighted by atomic mass is 16.5. The van der Waals surface area contributed by atoms with Gasteiger partial charge in [0.25, 0.3) is 5.91 Å². The molecule has 0 spiro atoms. The first-order valence-electron chi connectivity index (χ1n) is 12.4. The second kappa shape index (κ2) is 13.6. The monoisotopic (exact) mass is 489 g/mol. The summed E-state index contributed by atoms with van der Waals surface area (Å²) in [5, 5.41) is 5.58. The fourth-order valence-electron chi connectivity index (χ4n) is 3.95. The quantitative estimate of drug-likeness (QED) is 0.405. The molecule has 1 aliphatic heterocycles. The van der Waals surface area contributed by atoms with Crippen molar-refractivity contribution >= 4 is 17.9 Å². The van der Waals surface area contributed by atoms with E-state index >= 15 is 0 Å². The van der Waals surface area contributed by atoms with Crippen LogP contribution in [-0.4, -0.2) is 55.7 Å². The number of ether oxygens (including phenoxy) is 3. The minimum atomic E-state index is -0.717. The van der Waals surface area contributed by atoms with Crippen LogP contribution in [0.25, 0.3) is 0 Å². The van der Waals surface area contributed by atoms with Crippen molar-refractivity contribution in [2.45, 2.75) is 72.4 Å². The molecule has 0 fully saturated rings. The van der Waals surface area contributed by atoms with Gasteiger partial charge in [0.2, 0.25) is 0 Å². The van der Waals surface area contributed by atoms with Crippen LogP contribution in [0.3, 0.4) is 0 Å². The van der Waals surface area contributed by atoms with Crippen LogP contribution in [-0.2, 0) is 14.3 Å². The van der Waals surface area contributed by atoms with Gasteiger partial charge in [-0.15, -0.1) is 0 Å². The van der Waals surface area contributed by atoms with Crippen LogP contribution in [0.1, 0.15) is 71.9 Å². The Morgan fingerprint density at radius 1 is 1.06 bits per heavy atom. The molecule has 2 rings (SSSR count). The van der Waals surface area contributed by atoms with Crippen LogP contribution in [0.2, 0.25) is 0 Å². The number of urea groups is 1. The first-order valence-corrected chi connectivity index (χ1v) is 12.4. The Bertz CT molecular complexity index is 922. The molecule has 0 aromatic heterocycles. The van der Waals surface area contributed by atoms with E-state index in [0.29, 0.717) is 47.8 Å². The van der Waals surface area contributed by atoms with Gasteiger partial charge in [-0.1, -0.05) is 33.3 Å². The number of nitrogens with zero attached hydrogens (tertiary/aromatic N) is 1. The number of allylic oxidation sites excluding steroid dienone is 1. The summed E-state index contributed by atoms with van der Waals surface area (Å²) in [6.07, 6.45) is 2.72. The Kier molecular flexibility index (Phi) is 10.9. The van der Waals surface area contributed by atoms with Crippen molar-refractivity contribution in [3.05, 3.63) is 35.0 Å². The molecule has 0 radical (unpaired) electrons. The average molecular weight is 490 g/mol. The molecular weight excluding hydrogens is 450 g/mol. The predicted octanol–water partition coefficient (Wildman–Crippen LogP) is 4.08. The fraction of sp³-hybridized carbons (Fsp3) is 0.577. The maximum atomic E-state index is 13.0. The third-order valence-electron chi connectivity index (χ3n) is 5.43. The first kappa shape index (κ1) is 28.0. The van der Waals surface area contributed by atoms with E-state index in [9.17, 15) is 14.4 Å². The van der Waals surface area contributed by atoms with Crippen molar-refractivity contribution in [3.63, 3.8) is 0 Å². The Hall–Kier alpha value is -3.23. The first-order chi connectivity index (χ1) is 16.7. The zero-order valence-electron chi connectivity index (χ0n) is 21.7. The summed E-state index contributed by atoms with van der Waals surface area (Å²) in [5.74, 6) is 0.227. The molecule has 0 saturated heterocycles. The number of benzene rings is 1. The third-order valence-corrected chi connectivity index (χ3v) is 5.43. The standard InChI is InChI=1S/C26H39N3O6/c1-7-10-19-23(25(31)35-17(4)5)24(28-26(32)27-19)18-11-12-20(21(15-18)33-6)34-16-22(30)29(13-8-2)14-9-3/h11-12,15,17,24H,7-10,13-14,16H2,1-6H3,(H2,27,28,32). The number of carbonyl (C=O) groups excluding carboxylic acids is 3. The van der Waals surface area contributed by atoms with Gasteiger partial charge in [-0.2, -0.15) is 0 Å². The van der Waals surface area contributed by atoms with Gasteiger partial charge in [-0.3, -0.25) is 4.79 Å². The summed E-state index contributed by atoms with van der Waals surface area (Å²) in [5.41, 5.74) is 1.54. The molecule has 1 aromatic carbocycles. The topological polar surface area (TPSA) is 106 Å². The number of hydrogen-bond donors (Lipinski definition) is 2. The van der Waals surface area contributed by atoms with Gasteiger partial charge in [0.1, 0.15) is 0 Å². The molecule has 1 atom stereocenters. The summed E-state index contributed by atoms with van der Waals surface area (Å²) in [6.45, 7) is 10.9. The minimum absolute atomic E-state index is 0.0868. The van der Waals surface area contributed by atoms with Crippen molar-refractivity contribution in [2.75, 3.05) is 26.8 Å². The summed E-state index contributed by atoms with van der Waals surface area (Å²) in [4.78, 5) is 39.8. The normalized spacial score (nSPS) is 15.4. The number of hydrogen-bond acceptors (Lipinski definition) is 6. The number of esters is 1. The van der Waals surface area contributed by atoms with E-state index in [1.807, 2.05) is 20.8 Å². The molecular formula is C26H39N3O6. The lowest BCUT2D eigenvalue weighted by molar-refractivity contribution is -0.143. The second-order valence-electron chi connectivity index (χ2n) is 8.71. The molecule has 1 aromatic rings. The molecule has 0 bridgehead atoms. The minimum Gasteiger partial charge on any atom is -0.493 e. The zero-order chi connectivity index (χ0) is 26.0. The highest BCUT2D eigenvalue weighted by Gasteiger charge is 2.34. The number of methoxy groups -OCH3 is 1. The van der Waals surface area contributed by atoms with E-state index in [4.69, 9.17) is 14.2 Å². The van der Waals surface area contributed by atoms with Crippen LogP contribution in [0.15, 0.2) is 29.5 Å². The summed E-state index contributed by atoms with van der Waals surface area (Å²) >= 11 is 0. The largest absolute Gasteiger partial charge is 0.493 e. The Labute approximate surface area is 208 Å². The molecule has 35 heavy (non-hydrogen) atoms. The molecule has 9 heteroatoms. The van der Waals surface area contributed by atoms with E-state index < -0.39 is 18.0 Å². The molecule has 1 heterocycles. The van der Waals surface area contributed by atoms with Crippen molar-refractivity contribution in [2.24, 2.45) is 0 Å². The van der Waals surface area contributed by atoms with Gasteiger partial charge >= 0.3 is 12.0 Å². The molecule has 194 valence electrons. The van der Waals surface area contributed by atoms with Crippen LogP contribution >= 0.6 is 0 Å². The maximum Gasteiger partial charge on any atom is 0.338 e.